The first kappa shape index (κ1) is 17.4. The van der Waals surface area contributed by atoms with Gasteiger partial charge in [-0.2, -0.15) is 0 Å². The number of aryl methyl sites for hydroxylation is 1. The molecule has 0 spiro atoms. The van der Waals surface area contributed by atoms with Crippen LogP contribution in [0.3, 0.4) is 0 Å². The first-order valence-electron chi connectivity index (χ1n) is 7.57. The molecule has 3 aromatic rings. The first-order valence-corrected chi connectivity index (χ1v) is 8.77. The number of esters is 1. The van der Waals surface area contributed by atoms with Crippen LogP contribution in [-0.4, -0.2) is 27.1 Å². The van der Waals surface area contributed by atoms with Gasteiger partial charge in [-0.1, -0.05) is 11.6 Å². The highest BCUT2D eigenvalue weighted by molar-refractivity contribution is 7.20. The van der Waals surface area contributed by atoms with Gasteiger partial charge in [0.15, 0.2) is 0 Å². The van der Waals surface area contributed by atoms with Crippen molar-refractivity contribution in [1.29, 1.82) is 0 Å². The number of phenolic OH excluding ortho intramolecular Hbond substituents is 1. The smallest absolute Gasteiger partial charge is 0.348 e. The topological polar surface area (TPSA) is 84.3 Å². The molecule has 2 aromatic heterocycles. The third-order valence-electron chi connectivity index (χ3n) is 3.47. The van der Waals surface area contributed by atoms with Gasteiger partial charge in [-0.15, -0.1) is 11.3 Å². The van der Waals surface area contributed by atoms with Gasteiger partial charge < -0.3 is 15.2 Å². The molecular weight excluding hydrogens is 362 g/mol. The van der Waals surface area contributed by atoms with E-state index >= 15 is 0 Å². The molecule has 0 atom stereocenters. The van der Waals surface area contributed by atoms with Gasteiger partial charge in [0.25, 0.3) is 0 Å². The van der Waals surface area contributed by atoms with Crippen LogP contribution in [0, 0.1) is 6.92 Å². The fraction of sp³-hybridized carbons (Fsp3) is 0.235. The lowest BCUT2D eigenvalue weighted by molar-refractivity contribution is 0.0383. The summed E-state index contributed by atoms with van der Waals surface area (Å²) in [7, 11) is 0. The third-order valence-corrected chi connectivity index (χ3v) is 4.88. The Morgan fingerprint density at radius 2 is 2.12 bits per heavy atom. The second-order valence-electron chi connectivity index (χ2n) is 5.70. The Balaban J connectivity index is 2.06. The van der Waals surface area contributed by atoms with Gasteiger partial charge in [0.2, 0.25) is 0 Å². The minimum absolute atomic E-state index is 0.0449. The van der Waals surface area contributed by atoms with E-state index in [9.17, 15) is 9.90 Å². The van der Waals surface area contributed by atoms with Crippen molar-refractivity contribution in [3.63, 3.8) is 0 Å². The van der Waals surface area contributed by atoms with E-state index in [0.717, 1.165) is 5.56 Å². The summed E-state index contributed by atoms with van der Waals surface area (Å²) in [6.45, 7) is 5.42. The number of aromatic hydroxyl groups is 1. The van der Waals surface area contributed by atoms with Crippen molar-refractivity contribution >= 4 is 50.6 Å². The number of carbonyl (C=O) groups is 1. The number of aromatic nitrogens is 2. The average molecular weight is 378 g/mol. The Morgan fingerprint density at radius 1 is 1.36 bits per heavy atom. The van der Waals surface area contributed by atoms with Crippen molar-refractivity contribution in [2.24, 2.45) is 0 Å². The van der Waals surface area contributed by atoms with Crippen LogP contribution in [0.25, 0.3) is 10.2 Å². The van der Waals surface area contributed by atoms with Crippen molar-refractivity contribution in [2.75, 3.05) is 5.32 Å². The van der Waals surface area contributed by atoms with Crippen LogP contribution < -0.4 is 5.32 Å². The predicted molar refractivity (Wildman–Crippen MR) is 99.1 cm³/mol. The normalized spacial score (nSPS) is 11.1. The molecule has 0 radical (unpaired) electrons. The van der Waals surface area contributed by atoms with Crippen LogP contribution in [0.1, 0.15) is 29.1 Å². The Bertz CT molecular complexity index is 956. The number of anilines is 2. The number of thiophene rings is 1. The number of phenols is 1. The second kappa shape index (κ2) is 6.85. The summed E-state index contributed by atoms with van der Waals surface area (Å²) in [5.74, 6) is 0.149. The molecular formula is C17H16ClN3O3S. The Hall–Kier alpha value is -2.38. The van der Waals surface area contributed by atoms with Gasteiger partial charge in [-0.05, 0) is 44.5 Å². The molecule has 0 aliphatic rings. The third kappa shape index (κ3) is 3.52. The van der Waals surface area contributed by atoms with Crippen molar-refractivity contribution < 1.29 is 14.6 Å². The molecule has 8 heteroatoms. The van der Waals surface area contributed by atoms with E-state index in [0.29, 0.717) is 31.6 Å². The Morgan fingerprint density at radius 3 is 2.84 bits per heavy atom. The number of hydrogen-bond acceptors (Lipinski definition) is 7. The summed E-state index contributed by atoms with van der Waals surface area (Å²) in [6, 6.07) is 4.68. The number of halogens is 1. The number of hydrogen-bond donors (Lipinski definition) is 2. The van der Waals surface area contributed by atoms with Crippen LogP contribution in [0.5, 0.6) is 5.75 Å². The van der Waals surface area contributed by atoms with Crippen LogP contribution in [0.2, 0.25) is 5.02 Å². The summed E-state index contributed by atoms with van der Waals surface area (Å²) in [4.78, 5) is 21.9. The van der Waals surface area contributed by atoms with E-state index in [1.165, 1.54) is 23.7 Å². The molecule has 0 saturated heterocycles. The monoisotopic (exact) mass is 377 g/mol. The molecule has 0 unspecified atom stereocenters. The first-order chi connectivity index (χ1) is 11.9. The average Bonchev–Trinajstić information content (AvgIpc) is 2.88. The Labute approximate surface area is 153 Å². The zero-order valence-electron chi connectivity index (χ0n) is 13.8. The van der Waals surface area contributed by atoms with Gasteiger partial charge in [0.1, 0.15) is 27.6 Å². The maximum Gasteiger partial charge on any atom is 0.348 e. The van der Waals surface area contributed by atoms with Crippen molar-refractivity contribution in [2.45, 2.75) is 26.9 Å². The molecule has 0 bridgehead atoms. The molecule has 0 fully saturated rings. The summed E-state index contributed by atoms with van der Waals surface area (Å²) < 4.78 is 5.29. The van der Waals surface area contributed by atoms with E-state index in [2.05, 4.69) is 15.3 Å². The molecule has 0 saturated carbocycles. The molecule has 2 heterocycles. The zero-order chi connectivity index (χ0) is 18.1. The van der Waals surface area contributed by atoms with Crippen LogP contribution in [-0.2, 0) is 4.74 Å². The largest absolute Gasteiger partial charge is 0.506 e. The molecule has 0 aliphatic carbocycles. The highest BCUT2D eigenvalue weighted by atomic mass is 35.5. The molecule has 0 amide bonds. The molecule has 6 nitrogen and oxygen atoms in total. The van der Waals surface area contributed by atoms with Crippen molar-refractivity contribution in [3.05, 3.63) is 40.0 Å². The lowest BCUT2D eigenvalue weighted by Gasteiger charge is -2.09. The molecule has 3 rings (SSSR count). The van der Waals surface area contributed by atoms with Gasteiger partial charge in [-0.25, -0.2) is 14.8 Å². The summed E-state index contributed by atoms with van der Waals surface area (Å²) in [5.41, 5.74) is 1.15. The number of nitrogens with one attached hydrogen (secondary N) is 1. The number of ether oxygens (including phenoxy) is 1. The molecule has 25 heavy (non-hydrogen) atoms. The standard InChI is InChI=1S/C17H16ClN3O3S/c1-8(2)24-17(23)14-9(3)13-15(19-7-20-16(13)25-14)21-11-6-10(18)4-5-12(11)22/h4-8,22H,1-3H3,(H,19,20,21). The number of benzene rings is 1. The van der Waals surface area contributed by atoms with E-state index in [-0.39, 0.29) is 17.8 Å². The number of rotatable bonds is 4. The molecule has 0 aliphatic heterocycles. The SMILES string of the molecule is Cc1c(C(=O)OC(C)C)sc2ncnc(Nc3cc(Cl)ccc3O)c12. The Kier molecular flexibility index (Phi) is 4.78. The number of fused-ring (bicyclic) bond motifs is 1. The fourth-order valence-corrected chi connectivity index (χ4v) is 3.57. The van der Waals surface area contributed by atoms with E-state index in [4.69, 9.17) is 16.3 Å². The van der Waals surface area contributed by atoms with Gasteiger partial charge >= 0.3 is 5.97 Å². The predicted octanol–water partition coefficient (Wildman–Crippen LogP) is 4.67. The number of carbonyl (C=O) groups excluding carboxylic acids is 1. The summed E-state index contributed by atoms with van der Waals surface area (Å²) >= 11 is 7.24. The minimum Gasteiger partial charge on any atom is -0.506 e. The van der Waals surface area contributed by atoms with Crippen LogP contribution >= 0.6 is 22.9 Å². The lowest BCUT2D eigenvalue weighted by atomic mass is 10.2. The van der Waals surface area contributed by atoms with Crippen LogP contribution in [0.15, 0.2) is 24.5 Å². The fourth-order valence-electron chi connectivity index (χ4n) is 2.36. The van der Waals surface area contributed by atoms with E-state index in [1.54, 1.807) is 26.0 Å². The summed E-state index contributed by atoms with van der Waals surface area (Å²) in [6.07, 6.45) is 1.20. The highest BCUT2D eigenvalue weighted by Gasteiger charge is 2.21. The van der Waals surface area contributed by atoms with Crippen LogP contribution in [0.4, 0.5) is 11.5 Å². The van der Waals surface area contributed by atoms with E-state index in [1.807, 2.05) is 6.92 Å². The second-order valence-corrected chi connectivity index (χ2v) is 7.13. The maximum atomic E-state index is 12.3. The molecule has 130 valence electrons. The number of nitrogens with zero attached hydrogens (tertiary/aromatic N) is 2. The summed E-state index contributed by atoms with van der Waals surface area (Å²) in [5, 5.41) is 14.2. The van der Waals surface area contributed by atoms with Crippen molar-refractivity contribution in [3.8, 4) is 5.75 Å². The van der Waals surface area contributed by atoms with Gasteiger partial charge in [0.05, 0.1) is 17.2 Å². The molecule has 2 N–H and O–H groups in total. The highest BCUT2D eigenvalue weighted by Crippen LogP contribution is 2.37. The maximum absolute atomic E-state index is 12.3. The molecule has 1 aromatic carbocycles. The van der Waals surface area contributed by atoms with E-state index < -0.39 is 0 Å². The van der Waals surface area contributed by atoms with Gasteiger partial charge in [0, 0.05) is 5.02 Å². The quantitative estimate of drug-likeness (QED) is 0.507. The van der Waals surface area contributed by atoms with Crippen molar-refractivity contribution in [1.82, 2.24) is 9.97 Å². The lowest BCUT2D eigenvalue weighted by Crippen LogP contribution is -2.11. The minimum atomic E-state index is -0.382. The van der Waals surface area contributed by atoms with Gasteiger partial charge in [-0.3, -0.25) is 0 Å². The zero-order valence-corrected chi connectivity index (χ0v) is 15.4.